The number of hydrogen-bond donors (Lipinski definition) is 2. The average Bonchev–Trinajstić information content (AvgIpc) is 2.43. The van der Waals surface area contributed by atoms with Crippen molar-refractivity contribution in [2.24, 2.45) is 10.9 Å². The first-order valence-electron chi connectivity index (χ1n) is 5.94. The van der Waals surface area contributed by atoms with E-state index in [0.29, 0.717) is 26.1 Å². The lowest BCUT2D eigenvalue weighted by molar-refractivity contribution is 0.145. The van der Waals surface area contributed by atoms with Crippen molar-refractivity contribution in [1.29, 1.82) is 0 Å². The van der Waals surface area contributed by atoms with Gasteiger partial charge in [0.1, 0.15) is 5.84 Å². The van der Waals surface area contributed by atoms with Gasteiger partial charge in [-0.2, -0.15) is 0 Å². The van der Waals surface area contributed by atoms with Crippen molar-refractivity contribution in [3.05, 3.63) is 28.5 Å². The fraction of sp³-hybridized carbons (Fsp3) is 0.500. The SMILES string of the molecule is COCCN(CC/C(N)=N/O)Cc1ccc(Br)cn1. The van der Waals surface area contributed by atoms with Crippen LogP contribution in [0.2, 0.25) is 0 Å². The number of hydrogen-bond acceptors (Lipinski definition) is 5. The molecule has 0 spiro atoms. The van der Waals surface area contributed by atoms with Crippen LogP contribution in [0, 0.1) is 0 Å². The summed E-state index contributed by atoms with van der Waals surface area (Å²) in [6.07, 6.45) is 2.28. The van der Waals surface area contributed by atoms with E-state index in [9.17, 15) is 0 Å². The van der Waals surface area contributed by atoms with Crippen molar-refractivity contribution >= 4 is 21.8 Å². The predicted molar refractivity (Wildman–Crippen MR) is 77.1 cm³/mol. The topological polar surface area (TPSA) is 84.0 Å². The third-order valence-electron chi connectivity index (χ3n) is 2.60. The van der Waals surface area contributed by atoms with E-state index in [-0.39, 0.29) is 5.84 Å². The van der Waals surface area contributed by atoms with Crippen LogP contribution in [-0.4, -0.2) is 47.7 Å². The van der Waals surface area contributed by atoms with Crippen molar-refractivity contribution < 1.29 is 9.94 Å². The molecule has 0 saturated heterocycles. The van der Waals surface area contributed by atoms with E-state index in [4.69, 9.17) is 15.7 Å². The Kier molecular flexibility index (Phi) is 7.39. The molecule has 6 nitrogen and oxygen atoms in total. The monoisotopic (exact) mass is 330 g/mol. The van der Waals surface area contributed by atoms with Crippen molar-refractivity contribution in [1.82, 2.24) is 9.88 Å². The largest absolute Gasteiger partial charge is 0.409 e. The third-order valence-corrected chi connectivity index (χ3v) is 3.07. The summed E-state index contributed by atoms with van der Waals surface area (Å²) in [5, 5.41) is 11.5. The van der Waals surface area contributed by atoms with Gasteiger partial charge in [-0.25, -0.2) is 0 Å². The van der Waals surface area contributed by atoms with E-state index in [1.54, 1.807) is 13.3 Å². The van der Waals surface area contributed by atoms with Crippen LogP contribution >= 0.6 is 15.9 Å². The van der Waals surface area contributed by atoms with Gasteiger partial charge in [0.2, 0.25) is 0 Å². The number of rotatable bonds is 8. The Hall–Kier alpha value is -1.18. The van der Waals surface area contributed by atoms with Crippen molar-refractivity contribution in [2.75, 3.05) is 26.8 Å². The zero-order valence-corrected chi connectivity index (χ0v) is 12.5. The first-order valence-corrected chi connectivity index (χ1v) is 6.73. The number of nitrogens with zero attached hydrogens (tertiary/aromatic N) is 3. The fourth-order valence-corrected chi connectivity index (χ4v) is 1.78. The molecule has 0 amide bonds. The first-order chi connectivity index (χ1) is 9.15. The molecule has 3 N–H and O–H groups in total. The number of pyridine rings is 1. The smallest absolute Gasteiger partial charge is 0.140 e. The molecule has 19 heavy (non-hydrogen) atoms. The van der Waals surface area contributed by atoms with Crippen molar-refractivity contribution in [3.8, 4) is 0 Å². The molecule has 0 saturated carbocycles. The van der Waals surface area contributed by atoms with E-state index in [0.717, 1.165) is 16.7 Å². The Morgan fingerprint density at radius 2 is 2.32 bits per heavy atom. The fourth-order valence-electron chi connectivity index (χ4n) is 1.54. The molecule has 106 valence electrons. The van der Waals surface area contributed by atoms with Crippen LogP contribution in [0.3, 0.4) is 0 Å². The molecule has 1 rings (SSSR count). The van der Waals surface area contributed by atoms with Crippen LogP contribution < -0.4 is 5.73 Å². The molecule has 0 atom stereocenters. The van der Waals surface area contributed by atoms with Crippen LogP contribution in [0.5, 0.6) is 0 Å². The molecule has 1 aromatic rings. The quantitative estimate of drug-likeness (QED) is 0.326. The second-order valence-electron chi connectivity index (χ2n) is 4.08. The molecule has 0 aliphatic rings. The van der Waals surface area contributed by atoms with Crippen LogP contribution in [0.1, 0.15) is 12.1 Å². The Morgan fingerprint density at radius 1 is 1.53 bits per heavy atom. The zero-order valence-electron chi connectivity index (χ0n) is 10.9. The summed E-state index contributed by atoms with van der Waals surface area (Å²) in [6, 6.07) is 3.92. The highest BCUT2D eigenvalue weighted by Gasteiger charge is 2.08. The van der Waals surface area contributed by atoms with Crippen molar-refractivity contribution in [3.63, 3.8) is 0 Å². The second-order valence-corrected chi connectivity index (χ2v) is 4.99. The second kappa shape index (κ2) is 8.84. The minimum atomic E-state index is 0.228. The van der Waals surface area contributed by atoms with Crippen molar-refractivity contribution in [2.45, 2.75) is 13.0 Å². The Bertz CT molecular complexity index is 397. The van der Waals surface area contributed by atoms with Gasteiger partial charge >= 0.3 is 0 Å². The lowest BCUT2D eigenvalue weighted by Gasteiger charge is -2.21. The van der Waals surface area contributed by atoms with E-state index in [2.05, 4.69) is 31.0 Å². The Balaban J connectivity index is 2.55. The molecule has 0 unspecified atom stereocenters. The molecule has 0 aromatic carbocycles. The molecule has 7 heteroatoms. The number of nitrogens with two attached hydrogens (primary N) is 1. The van der Waals surface area contributed by atoms with Gasteiger partial charge in [-0.1, -0.05) is 5.16 Å². The highest BCUT2D eigenvalue weighted by Crippen LogP contribution is 2.09. The average molecular weight is 331 g/mol. The molecule has 0 aliphatic carbocycles. The standard InChI is InChI=1S/C12H19BrN4O2/c1-19-7-6-17(5-4-12(14)16-18)9-11-3-2-10(13)8-15-11/h2-3,8,18H,4-7,9H2,1H3,(H2,14,16). The van der Waals surface area contributed by atoms with Gasteiger partial charge in [0.25, 0.3) is 0 Å². The first kappa shape index (κ1) is 15.9. The molecule has 0 bridgehead atoms. The van der Waals surface area contributed by atoms with Gasteiger partial charge in [0.05, 0.1) is 12.3 Å². The number of halogens is 1. The Morgan fingerprint density at radius 3 is 2.89 bits per heavy atom. The molecule has 1 heterocycles. The minimum Gasteiger partial charge on any atom is -0.409 e. The van der Waals surface area contributed by atoms with Gasteiger partial charge in [-0.15, -0.1) is 0 Å². The zero-order chi connectivity index (χ0) is 14.1. The van der Waals surface area contributed by atoms with Crippen LogP contribution in [-0.2, 0) is 11.3 Å². The molecule has 0 radical (unpaired) electrons. The molecule has 1 aromatic heterocycles. The number of methoxy groups -OCH3 is 1. The van der Waals surface area contributed by atoms with Gasteiger partial charge in [-0.3, -0.25) is 9.88 Å². The summed E-state index contributed by atoms with van der Waals surface area (Å²) in [7, 11) is 1.67. The Labute approximate surface area is 121 Å². The van der Waals surface area contributed by atoms with E-state index < -0.39 is 0 Å². The molecular formula is C12H19BrN4O2. The lowest BCUT2D eigenvalue weighted by atomic mass is 10.3. The summed E-state index contributed by atoms with van der Waals surface area (Å²) in [6.45, 7) is 2.80. The number of oxime groups is 1. The summed E-state index contributed by atoms with van der Waals surface area (Å²) < 4.78 is 6.04. The third kappa shape index (κ3) is 6.51. The summed E-state index contributed by atoms with van der Waals surface area (Å²) in [4.78, 5) is 6.48. The summed E-state index contributed by atoms with van der Waals surface area (Å²) in [5.41, 5.74) is 6.45. The molecule has 0 fully saturated rings. The molecule has 0 aliphatic heterocycles. The lowest BCUT2D eigenvalue weighted by Crippen LogP contribution is -2.31. The maximum absolute atomic E-state index is 8.55. The van der Waals surface area contributed by atoms with Gasteiger partial charge in [-0.05, 0) is 28.1 Å². The maximum atomic E-state index is 8.55. The number of amidine groups is 1. The van der Waals surface area contributed by atoms with E-state index >= 15 is 0 Å². The summed E-state index contributed by atoms with van der Waals surface area (Å²) >= 11 is 3.36. The van der Waals surface area contributed by atoms with Gasteiger partial charge < -0.3 is 15.7 Å². The van der Waals surface area contributed by atoms with Gasteiger partial charge in [0, 0.05) is 43.8 Å². The highest BCUT2D eigenvalue weighted by molar-refractivity contribution is 9.10. The van der Waals surface area contributed by atoms with Crippen LogP contribution in [0.25, 0.3) is 0 Å². The van der Waals surface area contributed by atoms with Crippen LogP contribution in [0.15, 0.2) is 28.0 Å². The normalized spacial score (nSPS) is 12.1. The minimum absolute atomic E-state index is 0.228. The maximum Gasteiger partial charge on any atom is 0.140 e. The highest BCUT2D eigenvalue weighted by atomic mass is 79.9. The van der Waals surface area contributed by atoms with E-state index in [1.807, 2.05) is 12.1 Å². The summed E-state index contributed by atoms with van der Waals surface area (Å²) in [5.74, 6) is 0.228. The van der Waals surface area contributed by atoms with Gasteiger partial charge in [0.15, 0.2) is 0 Å². The van der Waals surface area contributed by atoms with Crippen LogP contribution in [0.4, 0.5) is 0 Å². The number of aromatic nitrogens is 1. The predicted octanol–water partition coefficient (Wildman–Crippen LogP) is 1.43. The molecular weight excluding hydrogens is 312 g/mol. The number of ether oxygens (including phenoxy) is 1. The van der Waals surface area contributed by atoms with E-state index in [1.165, 1.54) is 0 Å².